The number of nitrogens with two attached hydrogens (primary N) is 1. The minimum absolute atomic E-state index is 0.0346. The molecule has 6 nitrogen and oxygen atoms in total. The molecule has 0 bridgehead atoms. The van der Waals surface area contributed by atoms with Gasteiger partial charge in [-0.3, -0.25) is 0 Å². The van der Waals surface area contributed by atoms with Crippen LogP contribution in [0.1, 0.15) is 0 Å². The van der Waals surface area contributed by atoms with Crippen LogP contribution >= 0.6 is 0 Å². The maximum absolute atomic E-state index is 9.05. The van der Waals surface area contributed by atoms with Crippen molar-refractivity contribution in [1.82, 2.24) is 0 Å². The molecule has 0 saturated heterocycles. The lowest BCUT2D eigenvalue weighted by atomic mass is 10.0. The highest BCUT2D eigenvalue weighted by Gasteiger charge is 2.19. The van der Waals surface area contributed by atoms with Gasteiger partial charge in [0.05, 0.1) is 27.9 Å². The Morgan fingerprint density at radius 3 is 2.30 bits per heavy atom. The third-order valence-electron chi connectivity index (χ3n) is 3.47. The van der Waals surface area contributed by atoms with Crippen LogP contribution in [-0.2, 0) is 0 Å². The van der Waals surface area contributed by atoms with Gasteiger partial charge in [0.2, 0.25) is 5.75 Å². The molecule has 2 aromatic rings. The smallest absolute Gasteiger partial charge is 0.203 e. The minimum atomic E-state index is 0.0346. The zero-order chi connectivity index (χ0) is 16.8. The predicted octanol–water partition coefficient (Wildman–Crippen LogP) is 2.37. The van der Waals surface area contributed by atoms with E-state index >= 15 is 0 Å². The van der Waals surface area contributed by atoms with Crippen LogP contribution in [0.3, 0.4) is 0 Å². The van der Waals surface area contributed by atoms with Gasteiger partial charge in [-0.1, -0.05) is 0 Å². The number of methoxy groups -OCH3 is 3. The molecule has 0 amide bonds. The molecule has 0 unspecified atom stereocenters. The zero-order valence-electron chi connectivity index (χ0n) is 13.6. The molecule has 23 heavy (non-hydrogen) atoms. The summed E-state index contributed by atoms with van der Waals surface area (Å²) >= 11 is 0. The van der Waals surface area contributed by atoms with Crippen molar-refractivity contribution in [3.8, 4) is 28.4 Å². The van der Waals surface area contributed by atoms with Crippen LogP contribution in [0.4, 0.5) is 11.4 Å². The fraction of sp³-hybridized carbons (Fsp3) is 0.294. The number of aliphatic hydroxyl groups excluding tert-OH is 1. The molecule has 0 saturated carbocycles. The minimum Gasteiger partial charge on any atom is -0.493 e. The van der Waals surface area contributed by atoms with Crippen LogP contribution in [0, 0.1) is 0 Å². The van der Waals surface area contributed by atoms with E-state index in [9.17, 15) is 0 Å². The van der Waals surface area contributed by atoms with E-state index in [4.69, 9.17) is 25.1 Å². The van der Waals surface area contributed by atoms with Crippen molar-refractivity contribution in [2.24, 2.45) is 0 Å². The zero-order valence-corrected chi connectivity index (χ0v) is 13.6. The van der Waals surface area contributed by atoms with Gasteiger partial charge in [0.15, 0.2) is 11.5 Å². The lowest BCUT2D eigenvalue weighted by Crippen LogP contribution is -2.07. The molecule has 0 aliphatic carbocycles. The Hall–Kier alpha value is -2.60. The largest absolute Gasteiger partial charge is 0.493 e. The van der Waals surface area contributed by atoms with Crippen molar-refractivity contribution in [3.63, 3.8) is 0 Å². The van der Waals surface area contributed by atoms with Gasteiger partial charge >= 0.3 is 0 Å². The third-order valence-corrected chi connectivity index (χ3v) is 3.47. The SMILES string of the molecule is COc1ccc(-c2cc(N)ccc2NCCO)c(OC)c1OC. The highest BCUT2D eigenvalue weighted by atomic mass is 16.5. The summed E-state index contributed by atoms with van der Waals surface area (Å²) in [5.74, 6) is 1.66. The van der Waals surface area contributed by atoms with Crippen molar-refractivity contribution >= 4 is 11.4 Å². The predicted molar refractivity (Wildman–Crippen MR) is 91.5 cm³/mol. The van der Waals surface area contributed by atoms with Crippen LogP contribution in [0.2, 0.25) is 0 Å². The lowest BCUT2D eigenvalue weighted by Gasteiger charge is -2.18. The van der Waals surface area contributed by atoms with Gasteiger partial charge < -0.3 is 30.4 Å². The molecule has 2 rings (SSSR count). The summed E-state index contributed by atoms with van der Waals surface area (Å²) in [7, 11) is 4.72. The number of aliphatic hydroxyl groups is 1. The van der Waals surface area contributed by atoms with Crippen molar-refractivity contribution in [2.45, 2.75) is 0 Å². The second kappa shape index (κ2) is 7.60. The second-order valence-corrected chi connectivity index (χ2v) is 4.84. The first-order valence-electron chi connectivity index (χ1n) is 7.19. The van der Waals surface area contributed by atoms with E-state index in [1.54, 1.807) is 27.4 Å². The van der Waals surface area contributed by atoms with Gasteiger partial charge in [-0.05, 0) is 30.3 Å². The van der Waals surface area contributed by atoms with Gasteiger partial charge in [0.1, 0.15) is 0 Å². The number of hydrogen-bond acceptors (Lipinski definition) is 6. The normalized spacial score (nSPS) is 10.3. The van der Waals surface area contributed by atoms with Gasteiger partial charge in [-0.25, -0.2) is 0 Å². The average Bonchev–Trinajstić information content (AvgIpc) is 2.59. The Bertz CT molecular complexity index is 674. The third kappa shape index (κ3) is 3.43. The first kappa shape index (κ1) is 16.8. The highest BCUT2D eigenvalue weighted by Crippen LogP contribution is 2.46. The molecule has 0 aliphatic heterocycles. The molecule has 0 heterocycles. The summed E-state index contributed by atoms with van der Waals surface area (Å²) in [4.78, 5) is 0. The maximum Gasteiger partial charge on any atom is 0.203 e. The van der Waals surface area contributed by atoms with Gasteiger partial charge in [-0.15, -0.1) is 0 Å². The van der Waals surface area contributed by atoms with Crippen LogP contribution in [-0.4, -0.2) is 39.6 Å². The van der Waals surface area contributed by atoms with E-state index in [2.05, 4.69) is 5.32 Å². The molecule has 0 atom stereocenters. The van der Waals surface area contributed by atoms with Crippen LogP contribution in [0.5, 0.6) is 17.2 Å². The van der Waals surface area contributed by atoms with Crippen LogP contribution < -0.4 is 25.3 Å². The van der Waals surface area contributed by atoms with E-state index in [1.807, 2.05) is 24.3 Å². The number of anilines is 2. The molecule has 0 aliphatic rings. The fourth-order valence-electron chi connectivity index (χ4n) is 2.44. The van der Waals surface area contributed by atoms with Crippen molar-refractivity contribution in [1.29, 1.82) is 0 Å². The summed E-state index contributed by atoms with van der Waals surface area (Å²) < 4.78 is 16.3. The van der Waals surface area contributed by atoms with E-state index in [1.165, 1.54) is 0 Å². The number of benzene rings is 2. The van der Waals surface area contributed by atoms with E-state index < -0.39 is 0 Å². The average molecular weight is 318 g/mol. The topological polar surface area (TPSA) is 86.0 Å². The molecular formula is C17H22N2O4. The number of rotatable bonds is 7. The number of nitrogen functional groups attached to an aromatic ring is 1. The molecule has 0 radical (unpaired) electrons. The Labute approximate surface area is 135 Å². The number of hydrogen-bond donors (Lipinski definition) is 3. The van der Waals surface area contributed by atoms with Crippen molar-refractivity contribution in [3.05, 3.63) is 30.3 Å². The maximum atomic E-state index is 9.05. The quantitative estimate of drug-likeness (QED) is 0.680. The summed E-state index contributed by atoms with van der Waals surface area (Å²) in [6, 6.07) is 9.23. The van der Waals surface area contributed by atoms with Crippen molar-refractivity contribution in [2.75, 3.05) is 45.5 Å². The molecule has 4 N–H and O–H groups in total. The monoisotopic (exact) mass is 318 g/mol. The summed E-state index contributed by atoms with van der Waals surface area (Å²) in [6.07, 6.45) is 0. The van der Waals surface area contributed by atoms with Crippen LogP contribution in [0.15, 0.2) is 30.3 Å². The van der Waals surface area contributed by atoms with Crippen LogP contribution in [0.25, 0.3) is 11.1 Å². The Balaban J connectivity index is 2.63. The molecule has 124 valence electrons. The van der Waals surface area contributed by atoms with E-state index in [0.717, 1.165) is 16.8 Å². The molecule has 0 fully saturated rings. The second-order valence-electron chi connectivity index (χ2n) is 4.84. The first-order valence-corrected chi connectivity index (χ1v) is 7.19. The molecular weight excluding hydrogens is 296 g/mol. The summed E-state index contributed by atoms with van der Waals surface area (Å²) in [6.45, 7) is 0.472. The molecule has 2 aromatic carbocycles. The summed E-state index contributed by atoms with van der Waals surface area (Å²) in [5.41, 5.74) is 9.09. The standard InChI is InChI=1S/C17H22N2O4/c1-21-15-7-5-12(16(22-2)17(15)23-3)13-10-11(18)4-6-14(13)19-8-9-20/h4-7,10,19-20H,8-9,18H2,1-3H3. The Kier molecular flexibility index (Phi) is 5.54. The van der Waals surface area contributed by atoms with E-state index in [0.29, 0.717) is 29.5 Å². The van der Waals surface area contributed by atoms with Crippen molar-refractivity contribution < 1.29 is 19.3 Å². The first-order chi connectivity index (χ1) is 11.2. The van der Waals surface area contributed by atoms with Gasteiger partial charge in [0, 0.05) is 29.0 Å². The lowest BCUT2D eigenvalue weighted by molar-refractivity contribution is 0.311. The molecule has 0 spiro atoms. The number of ether oxygens (including phenoxy) is 3. The Morgan fingerprint density at radius 1 is 0.957 bits per heavy atom. The van der Waals surface area contributed by atoms with Gasteiger partial charge in [0.25, 0.3) is 0 Å². The number of nitrogens with one attached hydrogen (secondary N) is 1. The van der Waals surface area contributed by atoms with Gasteiger partial charge in [-0.2, -0.15) is 0 Å². The highest BCUT2D eigenvalue weighted by molar-refractivity contribution is 5.86. The fourth-order valence-corrected chi connectivity index (χ4v) is 2.44. The molecule has 6 heteroatoms. The Morgan fingerprint density at radius 2 is 1.70 bits per heavy atom. The molecule has 0 aromatic heterocycles. The van der Waals surface area contributed by atoms with E-state index in [-0.39, 0.29) is 6.61 Å². The summed E-state index contributed by atoms with van der Waals surface area (Å²) in [5, 5.41) is 12.2.